The number of rotatable bonds is 3. The van der Waals surface area contributed by atoms with Gasteiger partial charge in [0.2, 0.25) is 5.91 Å². The quantitative estimate of drug-likeness (QED) is 0.742. The Hall–Kier alpha value is -0.570. The summed E-state index contributed by atoms with van der Waals surface area (Å²) in [6, 6.07) is 0.505. The number of nitrogens with two attached hydrogens (primary N) is 1. The summed E-state index contributed by atoms with van der Waals surface area (Å²) in [5, 5.41) is 3.65. The third-order valence-electron chi connectivity index (χ3n) is 4.81. The molecule has 2 aliphatic rings. The molecular weight excluding hydrogens is 212 g/mol. The Kier molecular flexibility index (Phi) is 4.08. The highest BCUT2D eigenvalue weighted by atomic mass is 16.1. The summed E-state index contributed by atoms with van der Waals surface area (Å²) in [7, 11) is 0. The van der Waals surface area contributed by atoms with E-state index in [1.165, 1.54) is 38.5 Å². The van der Waals surface area contributed by atoms with Crippen molar-refractivity contribution < 1.29 is 4.79 Å². The van der Waals surface area contributed by atoms with Crippen LogP contribution in [0.4, 0.5) is 0 Å². The van der Waals surface area contributed by atoms with Crippen LogP contribution in [0.1, 0.15) is 64.7 Å². The van der Waals surface area contributed by atoms with Gasteiger partial charge >= 0.3 is 0 Å². The third-order valence-corrected chi connectivity index (χ3v) is 4.81. The normalized spacial score (nSPS) is 35.7. The molecule has 0 aromatic heterocycles. The lowest BCUT2D eigenvalue weighted by Crippen LogP contribution is -2.60. The van der Waals surface area contributed by atoms with E-state index < -0.39 is 5.54 Å². The summed E-state index contributed by atoms with van der Waals surface area (Å²) in [6.07, 6.45) is 10.9. The average Bonchev–Trinajstić information content (AvgIpc) is 2.52. The Labute approximate surface area is 105 Å². The Morgan fingerprint density at radius 3 is 2.24 bits per heavy atom. The fourth-order valence-corrected chi connectivity index (χ4v) is 3.62. The van der Waals surface area contributed by atoms with Gasteiger partial charge in [-0.15, -0.1) is 0 Å². The first-order valence-corrected chi connectivity index (χ1v) is 7.23. The first-order chi connectivity index (χ1) is 8.15. The largest absolute Gasteiger partial charge is 0.368 e. The van der Waals surface area contributed by atoms with E-state index in [0.29, 0.717) is 12.0 Å². The van der Waals surface area contributed by atoms with Crippen molar-refractivity contribution in [2.24, 2.45) is 11.7 Å². The molecule has 0 bridgehead atoms. The summed E-state index contributed by atoms with van der Waals surface area (Å²) in [5.74, 6) is 0.259. The molecule has 0 aromatic rings. The van der Waals surface area contributed by atoms with Crippen molar-refractivity contribution in [1.29, 1.82) is 0 Å². The molecule has 2 saturated carbocycles. The molecule has 3 heteroatoms. The molecule has 2 atom stereocenters. The van der Waals surface area contributed by atoms with Gasteiger partial charge in [-0.1, -0.05) is 39.0 Å². The Morgan fingerprint density at radius 1 is 1.12 bits per heavy atom. The number of amides is 1. The Bertz CT molecular complexity index is 271. The summed E-state index contributed by atoms with van der Waals surface area (Å²) in [4.78, 5) is 11.9. The average molecular weight is 238 g/mol. The SMILES string of the molecule is CC1CCCC1(NC1CCCCCC1)C(N)=O. The van der Waals surface area contributed by atoms with E-state index in [-0.39, 0.29) is 5.91 Å². The molecule has 0 heterocycles. The minimum atomic E-state index is -0.408. The predicted molar refractivity (Wildman–Crippen MR) is 69.6 cm³/mol. The summed E-state index contributed by atoms with van der Waals surface area (Å²) in [6.45, 7) is 2.17. The lowest BCUT2D eigenvalue weighted by molar-refractivity contribution is -0.126. The highest BCUT2D eigenvalue weighted by molar-refractivity contribution is 5.85. The molecule has 3 N–H and O–H groups in total. The molecule has 1 amide bonds. The van der Waals surface area contributed by atoms with Crippen LogP contribution in [0.5, 0.6) is 0 Å². The number of carbonyl (C=O) groups excluding carboxylic acids is 1. The van der Waals surface area contributed by atoms with Gasteiger partial charge in [-0.3, -0.25) is 4.79 Å². The molecule has 0 aliphatic heterocycles. The number of hydrogen-bond acceptors (Lipinski definition) is 2. The molecule has 0 saturated heterocycles. The molecule has 2 aliphatic carbocycles. The highest BCUT2D eigenvalue weighted by Crippen LogP contribution is 2.36. The van der Waals surface area contributed by atoms with Gasteiger partial charge in [-0.05, 0) is 31.6 Å². The van der Waals surface area contributed by atoms with Gasteiger partial charge in [-0.25, -0.2) is 0 Å². The molecule has 2 unspecified atom stereocenters. The van der Waals surface area contributed by atoms with E-state index in [9.17, 15) is 4.79 Å². The van der Waals surface area contributed by atoms with Crippen molar-refractivity contribution in [3.8, 4) is 0 Å². The van der Waals surface area contributed by atoms with Crippen LogP contribution in [0.2, 0.25) is 0 Å². The Morgan fingerprint density at radius 2 is 1.76 bits per heavy atom. The van der Waals surface area contributed by atoms with Crippen LogP contribution >= 0.6 is 0 Å². The predicted octanol–water partition coefficient (Wildman–Crippen LogP) is 2.34. The van der Waals surface area contributed by atoms with E-state index in [2.05, 4.69) is 12.2 Å². The molecule has 3 nitrogen and oxygen atoms in total. The second-order valence-corrected chi connectivity index (χ2v) is 5.96. The molecular formula is C14H26N2O. The monoisotopic (exact) mass is 238 g/mol. The van der Waals surface area contributed by atoms with Gasteiger partial charge in [0.25, 0.3) is 0 Å². The molecule has 0 spiro atoms. The smallest absolute Gasteiger partial charge is 0.238 e. The minimum absolute atomic E-state index is 0.133. The van der Waals surface area contributed by atoms with Crippen molar-refractivity contribution in [2.45, 2.75) is 76.3 Å². The van der Waals surface area contributed by atoms with Crippen LogP contribution in [0, 0.1) is 5.92 Å². The molecule has 2 rings (SSSR count). The van der Waals surface area contributed by atoms with E-state index >= 15 is 0 Å². The number of primary amides is 1. The first kappa shape index (κ1) is 12.9. The van der Waals surface area contributed by atoms with Crippen molar-refractivity contribution in [2.75, 3.05) is 0 Å². The van der Waals surface area contributed by atoms with Gasteiger partial charge in [0.1, 0.15) is 5.54 Å². The van der Waals surface area contributed by atoms with Crippen LogP contribution in [-0.2, 0) is 4.79 Å². The van der Waals surface area contributed by atoms with Crippen molar-refractivity contribution in [3.05, 3.63) is 0 Å². The molecule has 17 heavy (non-hydrogen) atoms. The van der Waals surface area contributed by atoms with Crippen molar-refractivity contribution >= 4 is 5.91 Å². The van der Waals surface area contributed by atoms with Crippen molar-refractivity contribution in [3.63, 3.8) is 0 Å². The second kappa shape index (κ2) is 5.38. The summed E-state index contributed by atoms with van der Waals surface area (Å²) < 4.78 is 0. The number of hydrogen-bond donors (Lipinski definition) is 2. The lowest BCUT2D eigenvalue weighted by Gasteiger charge is -2.35. The fraction of sp³-hybridized carbons (Fsp3) is 0.929. The van der Waals surface area contributed by atoms with Gasteiger partial charge in [-0.2, -0.15) is 0 Å². The van der Waals surface area contributed by atoms with E-state index in [1.807, 2.05) is 0 Å². The topological polar surface area (TPSA) is 55.1 Å². The first-order valence-electron chi connectivity index (χ1n) is 7.23. The summed E-state index contributed by atoms with van der Waals surface area (Å²) in [5.41, 5.74) is 5.27. The standard InChI is InChI=1S/C14H26N2O/c1-11-7-6-10-14(11,13(15)17)16-12-8-4-2-3-5-9-12/h11-12,16H,2-10H2,1H3,(H2,15,17). The maximum atomic E-state index is 11.9. The van der Waals surface area contributed by atoms with Crippen molar-refractivity contribution in [1.82, 2.24) is 5.32 Å². The van der Waals surface area contributed by atoms with Crippen LogP contribution in [0.25, 0.3) is 0 Å². The lowest BCUT2D eigenvalue weighted by atomic mass is 9.86. The van der Waals surface area contributed by atoms with Gasteiger partial charge in [0.05, 0.1) is 0 Å². The number of carbonyl (C=O) groups is 1. The molecule has 0 aromatic carbocycles. The minimum Gasteiger partial charge on any atom is -0.368 e. The van der Waals surface area contributed by atoms with Crippen LogP contribution in [-0.4, -0.2) is 17.5 Å². The maximum Gasteiger partial charge on any atom is 0.238 e. The third kappa shape index (κ3) is 2.65. The zero-order valence-corrected chi connectivity index (χ0v) is 11.0. The van der Waals surface area contributed by atoms with Gasteiger partial charge in [0, 0.05) is 6.04 Å². The van der Waals surface area contributed by atoms with Gasteiger partial charge < -0.3 is 11.1 Å². The van der Waals surface area contributed by atoms with E-state index in [1.54, 1.807) is 0 Å². The summed E-state index contributed by atoms with van der Waals surface area (Å²) >= 11 is 0. The zero-order valence-electron chi connectivity index (χ0n) is 11.0. The van der Waals surface area contributed by atoms with Gasteiger partial charge in [0.15, 0.2) is 0 Å². The van der Waals surface area contributed by atoms with E-state index in [4.69, 9.17) is 5.73 Å². The van der Waals surface area contributed by atoms with Crippen LogP contribution in [0.15, 0.2) is 0 Å². The highest BCUT2D eigenvalue weighted by Gasteiger charge is 2.46. The Balaban J connectivity index is 2.04. The van der Waals surface area contributed by atoms with Crippen LogP contribution < -0.4 is 11.1 Å². The molecule has 98 valence electrons. The van der Waals surface area contributed by atoms with Crippen LogP contribution in [0.3, 0.4) is 0 Å². The maximum absolute atomic E-state index is 11.9. The zero-order chi connectivity index (χ0) is 12.3. The molecule has 2 fully saturated rings. The second-order valence-electron chi connectivity index (χ2n) is 5.96. The fourth-order valence-electron chi connectivity index (χ4n) is 3.62. The molecule has 0 radical (unpaired) electrons. The number of nitrogens with one attached hydrogen (secondary N) is 1. The van der Waals surface area contributed by atoms with E-state index in [0.717, 1.165) is 19.3 Å².